The van der Waals surface area contributed by atoms with Gasteiger partial charge in [-0.25, -0.2) is 0 Å². The Morgan fingerprint density at radius 3 is 2.60 bits per heavy atom. The molecule has 0 fully saturated rings. The van der Waals surface area contributed by atoms with Crippen LogP contribution < -0.4 is 14.8 Å². The van der Waals surface area contributed by atoms with Crippen molar-refractivity contribution in [2.75, 3.05) is 34.0 Å². The van der Waals surface area contributed by atoms with Crippen molar-refractivity contribution >= 4 is 0 Å². The maximum absolute atomic E-state index is 10.2. The smallest absolute Gasteiger partial charge is 0.231 e. The van der Waals surface area contributed by atoms with Gasteiger partial charge in [0.1, 0.15) is 5.75 Å². The number of aliphatic hydroxyl groups is 1. The van der Waals surface area contributed by atoms with Crippen LogP contribution >= 0.6 is 0 Å². The largest absolute Gasteiger partial charge is 0.507 e. The van der Waals surface area contributed by atoms with Gasteiger partial charge in [0.15, 0.2) is 11.5 Å². The molecule has 0 aliphatic carbocycles. The van der Waals surface area contributed by atoms with Crippen LogP contribution in [0.15, 0.2) is 12.1 Å². The summed E-state index contributed by atoms with van der Waals surface area (Å²) in [5.74, 6) is 1.36. The molecule has 6 heteroatoms. The molecule has 6 nitrogen and oxygen atoms in total. The lowest BCUT2D eigenvalue weighted by molar-refractivity contribution is 0.0335. The second kappa shape index (κ2) is 5.87. The third-order valence-corrected chi connectivity index (χ3v) is 3.05. The van der Waals surface area contributed by atoms with Gasteiger partial charge in [-0.2, -0.15) is 0 Å². The van der Waals surface area contributed by atoms with Gasteiger partial charge in [-0.1, -0.05) is 0 Å². The van der Waals surface area contributed by atoms with Crippen LogP contribution in [0.25, 0.3) is 0 Å². The van der Waals surface area contributed by atoms with Gasteiger partial charge in [-0.15, -0.1) is 0 Å². The molecule has 0 saturated carbocycles. The summed E-state index contributed by atoms with van der Waals surface area (Å²) in [4.78, 5) is 1.93. The molecule has 0 saturated heterocycles. The van der Waals surface area contributed by atoms with Crippen LogP contribution in [0.2, 0.25) is 0 Å². The highest BCUT2D eigenvalue weighted by atomic mass is 16.7. The van der Waals surface area contributed by atoms with E-state index in [4.69, 9.17) is 9.47 Å². The molecule has 0 amide bonds. The summed E-state index contributed by atoms with van der Waals surface area (Å²) >= 11 is 0. The summed E-state index contributed by atoms with van der Waals surface area (Å²) in [6, 6.07) is 3.31. The minimum absolute atomic E-state index is 0.161. The van der Waals surface area contributed by atoms with Crippen molar-refractivity contribution in [3.8, 4) is 17.2 Å². The number of aromatic hydroxyl groups is 1. The Kier molecular flexibility index (Phi) is 4.37. The number of hydrogen-bond donors (Lipinski definition) is 3. The van der Waals surface area contributed by atoms with Gasteiger partial charge in [0.05, 0.1) is 5.60 Å². The fourth-order valence-electron chi connectivity index (χ4n) is 2.32. The number of fused-ring (bicyclic) bond motifs is 1. The summed E-state index contributed by atoms with van der Waals surface area (Å²) in [6.07, 6.45) is 0. The van der Waals surface area contributed by atoms with Crippen molar-refractivity contribution in [1.29, 1.82) is 0 Å². The molecule has 0 bridgehead atoms. The number of likely N-dealkylation sites (N-methyl/N-ethyl adjacent to an activating group) is 1. The Labute approximate surface area is 118 Å². The van der Waals surface area contributed by atoms with Crippen LogP contribution in [0.4, 0.5) is 0 Å². The van der Waals surface area contributed by atoms with E-state index in [9.17, 15) is 10.2 Å². The zero-order valence-electron chi connectivity index (χ0n) is 12.1. The number of ether oxygens (including phenoxy) is 2. The minimum Gasteiger partial charge on any atom is -0.507 e. The number of phenols is 1. The van der Waals surface area contributed by atoms with Gasteiger partial charge < -0.3 is 29.9 Å². The molecule has 1 unspecified atom stereocenters. The first-order valence-electron chi connectivity index (χ1n) is 6.57. The second-order valence-electron chi connectivity index (χ2n) is 5.67. The van der Waals surface area contributed by atoms with Gasteiger partial charge in [-0.3, -0.25) is 0 Å². The summed E-state index contributed by atoms with van der Waals surface area (Å²) in [6.45, 7) is 3.40. The quantitative estimate of drug-likeness (QED) is 0.706. The standard InChI is InChI=1S/C14H22N2O4/c1-14(18,8-16(2)3)7-15-6-10-4-12-13(5-11(10)17)20-9-19-12/h4-5,15,17-18H,6-9H2,1-3H3. The number of rotatable bonds is 6. The first kappa shape index (κ1) is 14.9. The summed E-state index contributed by atoms with van der Waals surface area (Å²) < 4.78 is 10.5. The monoisotopic (exact) mass is 282 g/mol. The van der Waals surface area contributed by atoms with E-state index in [0.717, 1.165) is 5.56 Å². The highest BCUT2D eigenvalue weighted by molar-refractivity contribution is 5.51. The average Bonchev–Trinajstić information content (AvgIpc) is 2.74. The van der Waals surface area contributed by atoms with Crippen LogP contribution in [-0.4, -0.2) is 54.7 Å². The van der Waals surface area contributed by atoms with E-state index in [2.05, 4.69) is 5.32 Å². The van der Waals surface area contributed by atoms with Crippen LogP contribution in [0.1, 0.15) is 12.5 Å². The molecule has 1 aromatic rings. The molecule has 0 radical (unpaired) electrons. The van der Waals surface area contributed by atoms with E-state index in [-0.39, 0.29) is 12.5 Å². The number of hydrogen-bond acceptors (Lipinski definition) is 6. The average molecular weight is 282 g/mol. The van der Waals surface area contributed by atoms with Crippen molar-refractivity contribution in [3.63, 3.8) is 0 Å². The number of nitrogens with zero attached hydrogens (tertiary/aromatic N) is 1. The van der Waals surface area contributed by atoms with Crippen LogP contribution in [-0.2, 0) is 6.54 Å². The predicted molar refractivity (Wildman–Crippen MR) is 75.1 cm³/mol. The van der Waals surface area contributed by atoms with Crippen molar-refractivity contribution in [3.05, 3.63) is 17.7 Å². The summed E-state index contributed by atoms with van der Waals surface area (Å²) in [5.41, 5.74) is -0.106. The van der Waals surface area contributed by atoms with Crippen LogP contribution in [0.3, 0.4) is 0 Å². The summed E-state index contributed by atoms with van der Waals surface area (Å²) in [7, 11) is 3.83. The fraction of sp³-hybridized carbons (Fsp3) is 0.571. The van der Waals surface area contributed by atoms with E-state index in [0.29, 0.717) is 31.1 Å². The van der Waals surface area contributed by atoms with E-state index in [1.165, 1.54) is 0 Å². The Balaban J connectivity index is 1.91. The lowest BCUT2D eigenvalue weighted by Crippen LogP contribution is -2.45. The van der Waals surface area contributed by atoms with Crippen molar-refractivity contribution in [1.82, 2.24) is 10.2 Å². The van der Waals surface area contributed by atoms with E-state index < -0.39 is 5.60 Å². The first-order valence-corrected chi connectivity index (χ1v) is 6.57. The molecule has 112 valence electrons. The highest BCUT2D eigenvalue weighted by Gasteiger charge is 2.21. The van der Waals surface area contributed by atoms with Gasteiger partial charge in [0.2, 0.25) is 6.79 Å². The fourth-order valence-corrected chi connectivity index (χ4v) is 2.32. The molecular formula is C14H22N2O4. The van der Waals surface area contributed by atoms with Gasteiger partial charge in [0.25, 0.3) is 0 Å². The number of nitrogens with one attached hydrogen (secondary N) is 1. The third-order valence-electron chi connectivity index (χ3n) is 3.05. The lowest BCUT2D eigenvalue weighted by Gasteiger charge is -2.27. The molecule has 2 rings (SSSR count). The van der Waals surface area contributed by atoms with Crippen molar-refractivity contribution in [2.45, 2.75) is 19.1 Å². The molecule has 1 aliphatic heterocycles. The van der Waals surface area contributed by atoms with Gasteiger partial charge in [-0.05, 0) is 27.1 Å². The maximum atomic E-state index is 10.2. The van der Waals surface area contributed by atoms with Crippen LogP contribution in [0.5, 0.6) is 17.2 Å². The third kappa shape index (κ3) is 3.75. The molecule has 3 N–H and O–H groups in total. The molecule has 1 aliphatic rings. The molecule has 0 aromatic heterocycles. The van der Waals surface area contributed by atoms with Crippen molar-refractivity contribution in [2.24, 2.45) is 0 Å². The molecule has 0 spiro atoms. The Hall–Kier alpha value is -1.50. The maximum Gasteiger partial charge on any atom is 0.231 e. The highest BCUT2D eigenvalue weighted by Crippen LogP contribution is 2.37. The van der Waals surface area contributed by atoms with E-state index in [1.54, 1.807) is 19.1 Å². The van der Waals surface area contributed by atoms with E-state index in [1.807, 2.05) is 19.0 Å². The Bertz CT molecular complexity index is 474. The Morgan fingerprint density at radius 1 is 1.30 bits per heavy atom. The molecule has 20 heavy (non-hydrogen) atoms. The number of phenolic OH excluding ortho intramolecular Hbond substituents is 1. The zero-order valence-corrected chi connectivity index (χ0v) is 12.1. The topological polar surface area (TPSA) is 74.2 Å². The first-order chi connectivity index (χ1) is 9.37. The molecule has 1 aromatic carbocycles. The van der Waals surface area contributed by atoms with E-state index >= 15 is 0 Å². The normalized spacial score (nSPS) is 16.4. The zero-order chi connectivity index (χ0) is 14.8. The molecule has 1 heterocycles. The summed E-state index contributed by atoms with van der Waals surface area (Å²) in [5, 5.41) is 23.2. The Morgan fingerprint density at radius 2 is 1.95 bits per heavy atom. The van der Waals surface area contributed by atoms with Crippen molar-refractivity contribution < 1.29 is 19.7 Å². The number of benzene rings is 1. The lowest BCUT2D eigenvalue weighted by atomic mass is 10.1. The predicted octanol–water partition coefficient (Wildman–Crippen LogP) is 0.523. The van der Waals surface area contributed by atoms with Crippen LogP contribution in [0, 0.1) is 0 Å². The molecular weight excluding hydrogens is 260 g/mol. The minimum atomic E-state index is -0.824. The molecule has 1 atom stereocenters. The van der Waals surface area contributed by atoms with Gasteiger partial charge in [0, 0.05) is 31.3 Å². The van der Waals surface area contributed by atoms with Gasteiger partial charge >= 0.3 is 0 Å². The SMILES string of the molecule is CN(C)CC(C)(O)CNCc1cc2c(cc1O)OCO2. The second-order valence-corrected chi connectivity index (χ2v) is 5.67.